The lowest BCUT2D eigenvalue weighted by Crippen LogP contribution is -2.21. The van der Waals surface area contributed by atoms with Crippen LogP contribution in [-0.2, 0) is 12.4 Å². The number of hydrogen-bond acceptors (Lipinski definition) is 2. The largest absolute Gasteiger partial charge is 0.416 e. The Morgan fingerprint density at radius 1 is 0.905 bits per heavy atom. The Balaban J connectivity index is 2.51. The minimum absolute atomic E-state index is 0.294. The van der Waals surface area contributed by atoms with E-state index in [-0.39, 0.29) is 0 Å². The standard InChI is InChI=1S/C12H6F6N2O/c13-11(14,15)7-1-3-19-9(5-7)20-4-2-8(6-10(20)21)12(16,17)18/h1-6H. The SMILES string of the molecule is O=c1cc(C(F)(F)F)ccn1-c1cc(C(F)(F)F)ccn1. The topological polar surface area (TPSA) is 34.9 Å². The van der Waals surface area contributed by atoms with Gasteiger partial charge in [-0.2, -0.15) is 26.3 Å². The molecule has 112 valence electrons. The number of rotatable bonds is 1. The smallest absolute Gasteiger partial charge is 0.269 e. The molecule has 0 aliphatic heterocycles. The number of aromatic nitrogens is 2. The number of hydrogen-bond donors (Lipinski definition) is 0. The van der Waals surface area contributed by atoms with E-state index in [4.69, 9.17) is 0 Å². The number of pyridine rings is 2. The van der Waals surface area contributed by atoms with Crippen LogP contribution in [0.15, 0.2) is 41.5 Å². The van der Waals surface area contributed by atoms with Crippen molar-refractivity contribution < 1.29 is 26.3 Å². The lowest BCUT2D eigenvalue weighted by molar-refractivity contribution is -0.138. The van der Waals surface area contributed by atoms with Crippen LogP contribution in [0.1, 0.15) is 11.1 Å². The summed E-state index contributed by atoms with van der Waals surface area (Å²) in [6.07, 6.45) is -7.80. The molecule has 0 saturated heterocycles. The van der Waals surface area contributed by atoms with Crippen LogP contribution in [-0.4, -0.2) is 9.55 Å². The van der Waals surface area contributed by atoms with Crippen molar-refractivity contribution in [3.63, 3.8) is 0 Å². The van der Waals surface area contributed by atoms with Crippen molar-refractivity contribution in [3.8, 4) is 5.82 Å². The molecule has 0 aromatic carbocycles. The van der Waals surface area contributed by atoms with Gasteiger partial charge in [-0.25, -0.2) is 4.98 Å². The Bertz CT molecular complexity index is 717. The maximum atomic E-state index is 12.5. The maximum absolute atomic E-state index is 12.5. The molecule has 0 atom stereocenters. The Hall–Kier alpha value is -2.32. The van der Waals surface area contributed by atoms with E-state index in [2.05, 4.69) is 4.98 Å². The van der Waals surface area contributed by atoms with E-state index < -0.39 is 34.9 Å². The highest BCUT2D eigenvalue weighted by molar-refractivity contribution is 5.31. The highest BCUT2D eigenvalue weighted by Crippen LogP contribution is 2.30. The second-order valence-electron chi connectivity index (χ2n) is 4.02. The van der Waals surface area contributed by atoms with Gasteiger partial charge >= 0.3 is 12.4 Å². The van der Waals surface area contributed by atoms with E-state index in [0.717, 1.165) is 12.4 Å². The summed E-state index contributed by atoms with van der Waals surface area (Å²) in [6, 6.07) is 2.15. The second kappa shape index (κ2) is 4.90. The molecule has 0 aliphatic carbocycles. The Labute approximate surface area is 113 Å². The minimum Gasteiger partial charge on any atom is -0.269 e. The summed E-state index contributed by atoms with van der Waals surface area (Å²) < 4.78 is 75.5. The highest BCUT2D eigenvalue weighted by atomic mass is 19.4. The molecule has 0 fully saturated rings. The third-order valence-corrected chi connectivity index (χ3v) is 2.57. The molecule has 2 heterocycles. The van der Waals surface area contributed by atoms with Gasteiger partial charge in [0.2, 0.25) is 0 Å². The maximum Gasteiger partial charge on any atom is 0.416 e. The molecule has 21 heavy (non-hydrogen) atoms. The average Bonchev–Trinajstić information content (AvgIpc) is 2.36. The summed E-state index contributed by atoms with van der Waals surface area (Å²) in [4.78, 5) is 15.1. The van der Waals surface area contributed by atoms with Crippen molar-refractivity contribution in [3.05, 3.63) is 58.1 Å². The van der Waals surface area contributed by atoms with Crippen LogP contribution in [0.4, 0.5) is 26.3 Å². The predicted octanol–water partition coefficient (Wildman–Crippen LogP) is 3.27. The number of halogens is 6. The van der Waals surface area contributed by atoms with Gasteiger partial charge in [-0.3, -0.25) is 9.36 Å². The van der Waals surface area contributed by atoms with Crippen LogP contribution in [0.3, 0.4) is 0 Å². The van der Waals surface area contributed by atoms with Crippen molar-refractivity contribution in [1.82, 2.24) is 9.55 Å². The minimum atomic E-state index is -4.71. The first kappa shape index (κ1) is 15.1. The lowest BCUT2D eigenvalue weighted by atomic mass is 10.2. The first-order chi connectivity index (χ1) is 9.59. The second-order valence-corrected chi connectivity index (χ2v) is 4.02. The fourth-order valence-corrected chi connectivity index (χ4v) is 1.57. The van der Waals surface area contributed by atoms with Crippen LogP contribution in [0.5, 0.6) is 0 Å². The van der Waals surface area contributed by atoms with E-state index in [1.165, 1.54) is 0 Å². The molecule has 2 aromatic rings. The molecule has 0 saturated carbocycles. The van der Waals surface area contributed by atoms with Crippen molar-refractivity contribution in [1.29, 1.82) is 0 Å². The zero-order valence-electron chi connectivity index (χ0n) is 10.0. The van der Waals surface area contributed by atoms with Crippen LogP contribution < -0.4 is 5.56 Å². The fraction of sp³-hybridized carbons (Fsp3) is 0.167. The van der Waals surface area contributed by atoms with Crippen LogP contribution >= 0.6 is 0 Å². The summed E-state index contributed by atoms with van der Waals surface area (Å²) in [7, 11) is 0. The summed E-state index contributed by atoms with van der Waals surface area (Å²) in [5.41, 5.74) is -3.37. The normalized spacial score (nSPS) is 12.5. The van der Waals surface area contributed by atoms with Gasteiger partial charge in [0, 0.05) is 18.5 Å². The third kappa shape index (κ3) is 3.23. The molecule has 3 nitrogen and oxygen atoms in total. The van der Waals surface area contributed by atoms with E-state index >= 15 is 0 Å². The van der Waals surface area contributed by atoms with Gasteiger partial charge in [-0.15, -0.1) is 0 Å². The molecule has 0 spiro atoms. The molecular formula is C12H6F6N2O. The van der Waals surface area contributed by atoms with E-state index in [1.807, 2.05) is 0 Å². The molecule has 0 bridgehead atoms. The van der Waals surface area contributed by atoms with Gasteiger partial charge in [0.1, 0.15) is 5.82 Å². The third-order valence-electron chi connectivity index (χ3n) is 2.57. The zero-order valence-corrected chi connectivity index (χ0v) is 10.0. The molecule has 2 rings (SSSR count). The van der Waals surface area contributed by atoms with E-state index in [1.54, 1.807) is 0 Å². The quantitative estimate of drug-likeness (QED) is 0.758. The predicted molar refractivity (Wildman–Crippen MR) is 59.8 cm³/mol. The van der Waals surface area contributed by atoms with Gasteiger partial charge < -0.3 is 0 Å². The van der Waals surface area contributed by atoms with Crippen molar-refractivity contribution in [2.24, 2.45) is 0 Å². The van der Waals surface area contributed by atoms with Crippen molar-refractivity contribution >= 4 is 0 Å². The van der Waals surface area contributed by atoms with Gasteiger partial charge in [-0.05, 0) is 18.2 Å². The van der Waals surface area contributed by atoms with Crippen LogP contribution in [0.2, 0.25) is 0 Å². The van der Waals surface area contributed by atoms with Gasteiger partial charge in [0.25, 0.3) is 5.56 Å². The summed E-state index contributed by atoms with van der Waals surface area (Å²) >= 11 is 0. The molecule has 0 unspecified atom stereocenters. The first-order valence-corrected chi connectivity index (χ1v) is 5.42. The molecule has 2 aromatic heterocycles. The number of nitrogens with zero attached hydrogens (tertiary/aromatic N) is 2. The van der Waals surface area contributed by atoms with Gasteiger partial charge in [0.15, 0.2) is 0 Å². The highest BCUT2D eigenvalue weighted by Gasteiger charge is 2.32. The summed E-state index contributed by atoms with van der Waals surface area (Å²) in [5, 5.41) is 0. The lowest BCUT2D eigenvalue weighted by Gasteiger charge is -2.11. The van der Waals surface area contributed by atoms with E-state index in [9.17, 15) is 31.1 Å². The Kier molecular flexibility index (Phi) is 3.52. The number of alkyl halides is 6. The first-order valence-electron chi connectivity index (χ1n) is 5.42. The molecule has 0 radical (unpaired) electrons. The average molecular weight is 308 g/mol. The molecule has 0 amide bonds. The van der Waals surface area contributed by atoms with E-state index in [0.29, 0.717) is 28.8 Å². The monoisotopic (exact) mass is 308 g/mol. The Morgan fingerprint density at radius 2 is 1.48 bits per heavy atom. The summed E-state index contributed by atoms with van der Waals surface area (Å²) in [5.74, 6) is -0.413. The molecule has 0 N–H and O–H groups in total. The van der Waals surface area contributed by atoms with Crippen LogP contribution in [0.25, 0.3) is 5.82 Å². The van der Waals surface area contributed by atoms with Gasteiger partial charge in [0.05, 0.1) is 11.1 Å². The molecule has 9 heteroatoms. The van der Waals surface area contributed by atoms with Crippen molar-refractivity contribution in [2.45, 2.75) is 12.4 Å². The summed E-state index contributed by atoms with van der Waals surface area (Å²) in [6.45, 7) is 0. The van der Waals surface area contributed by atoms with Gasteiger partial charge in [-0.1, -0.05) is 0 Å². The molecular weight excluding hydrogens is 302 g/mol. The fourth-order valence-electron chi connectivity index (χ4n) is 1.57. The van der Waals surface area contributed by atoms with Crippen molar-refractivity contribution in [2.75, 3.05) is 0 Å². The zero-order chi connectivity index (χ0) is 15.8. The Morgan fingerprint density at radius 3 is 2.00 bits per heavy atom. The van der Waals surface area contributed by atoms with Crippen LogP contribution in [0, 0.1) is 0 Å². The molecule has 0 aliphatic rings.